The van der Waals surface area contributed by atoms with Crippen LogP contribution in [0.3, 0.4) is 0 Å². The van der Waals surface area contributed by atoms with Crippen molar-refractivity contribution in [2.45, 2.75) is 78.2 Å². The highest BCUT2D eigenvalue weighted by molar-refractivity contribution is 6.09. The first kappa shape index (κ1) is 42.2. The Bertz CT molecular complexity index is 1810. The molecule has 3 aromatic rings. The third kappa shape index (κ3) is 13.0. The molecule has 55 heavy (non-hydrogen) atoms. The number of hydrogen-bond acceptors (Lipinski definition) is 9. The summed E-state index contributed by atoms with van der Waals surface area (Å²) in [6, 6.07) is 17.3. The van der Waals surface area contributed by atoms with Crippen molar-refractivity contribution < 1.29 is 42.9 Å². The fourth-order valence-electron chi connectivity index (χ4n) is 5.87. The van der Waals surface area contributed by atoms with Crippen molar-refractivity contribution >= 4 is 41.0 Å². The highest BCUT2D eigenvalue weighted by atomic mass is 16.6. The summed E-state index contributed by atoms with van der Waals surface area (Å²) in [6.07, 6.45) is 3.62. The number of anilines is 2. The largest absolute Gasteiger partial charge is 0.495 e. The van der Waals surface area contributed by atoms with E-state index in [1.54, 1.807) is 75.2 Å². The molecular formula is C42H54N4O9. The molecule has 13 heteroatoms. The summed E-state index contributed by atoms with van der Waals surface area (Å²) in [5, 5.41) is 5.55. The molecule has 0 atom stereocenters. The van der Waals surface area contributed by atoms with E-state index in [9.17, 15) is 24.0 Å². The second-order valence-corrected chi connectivity index (χ2v) is 14.4. The number of nitrogens with zero attached hydrogens (tertiary/aromatic N) is 2. The van der Waals surface area contributed by atoms with E-state index < -0.39 is 17.6 Å². The molecule has 1 aliphatic heterocycles. The summed E-state index contributed by atoms with van der Waals surface area (Å²) in [7, 11) is 3.13. The summed E-state index contributed by atoms with van der Waals surface area (Å²) < 4.78 is 22.9. The van der Waals surface area contributed by atoms with E-state index in [0.717, 1.165) is 24.8 Å². The minimum absolute atomic E-state index is 0.0937. The average Bonchev–Trinajstić information content (AvgIpc) is 3.15. The Labute approximate surface area is 323 Å². The molecule has 3 aromatic carbocycles. The maximum Gasteiger partial charge on any atom is 0.407 e. The molecule has 0 bridgehead atoms. The number of aryl methyl sites for hydroxylation is 1. The molecule has 4 rings (SSSR count). The van der Waals surface area contributed by atoms with Crippen molar-refractivity contribution in [3.63, 3.8) is 0 Å². The zero-order valence-electron chi connectivity index (χ0n) is 32.8. The lowest BCUT2D eigenvalue weighted by Gasteiger charge is -2.26. The molecule has 0 radical (unpaired) electrons. The molecule has 0 unspecified atom stereocenters. The van der Waals surface area contributed by atoms with Gasteiger partial charge in [0.2, 0.25) is 5.91 Å². The number of likely N-dealkylation sites (tertiary alicyclic amines) is 1. The molecule has 4 amide bonds. The number of carbonyl (C=O) groups is 5. The van der Waals surface area contributed by atoms with Gasteiger partial charge in [-0.15, -0.1) is 0 Å². The van der Waals surface area contributed by atoms with Gasteiger partial charge in [-0.1, -0.05) is 18.2 Å². The number of nitrogens with one attached hydrogen (secondary N) is 2. The Hall–Kier alpha value is -5.59. The van der Waals surface area contributed by atoms with Crippen molar-refractivity contribution in [3.05, 3.63) is 77.4 Å². The molecule has 1 heterocycles. The van der Waals surface area contributed by atoms with Gasteiger partial charge in [-0.25, -0.2) is 4.79 Å². The number of benzene rings is 3. The van der Waals surface area contributed by atoms with Crippen molar-refractivity contribution in [2.24, 2.45) is 0 Å². The van der Waals surface area contributed by atoms with E-state index in [1.165, 1.54) is 12.0 Å². The lowest BCUT2D eigenvalue weighted by atomic mass is 10.1. The summed E-state index contributed by atoms with van der Waals surface area (Å²) in [4.78, 5) is 66.3. The van der Waals surface area contributed by atoms with Crippen molar-refractivity contribution in [1.82, 2.24) is 10.2 Å². The Morgan fingerprint density at radius 1 is 0.836 bits per heavy atom. The first-order chi connectivity index (χ1) is 26.3. The molecule has 2 N–H and O–H groups in total. The quantitative estimate of drug-likeness (QED) is 0.139. The van der Waals surface area contributed by atoms with E-state index in [-0.39, 0.29) is 24.2 Å². The molecule has 13 nitrogen and oxygen atoms in total. The van der Waals surface area contributed by atoms with Gasteiger partial charge in [0.25, 0.3) is 11.8 Å². The molecule has 0 saturated carbocycles. The molecule has 0 spiro atoms. The number of piperidine rings is 1. The van der Waals surface area contributed by atoms with E-state index in [4.69, 9.17) is 18.9 Å². The molecule has 0 aliphatic carbocycles. The van der Waals surface area contributed by atoms with Gasteiger partial charge in [-0.2, -0.15) is 0 Å². The lowest BCUT2D eigenvalue weighted by Crippen LogP contribution is -2.38. The van der Waals surface area contributed by atoms with Crippen molar-refractivity contribution in [3.8, 4) is 17.2 Å². The highest BCUT2D eigenvalue weighted by Gasteiger charge is 2.22. The maximum absolute atomic E-state index is 13.7. The van der Waals surface area contributed by atoms with E-state index in [1.807, 2.05) is 25.1 Å². The van der Waals surface area contributed by atoms with E-state index >= 15 is 0 Å². The third-order valence-corrected chi connectivity index (χ3v) is 8.82. The van der Waals surface area contributed by atoms with Crippen LogP contribution in [0.2, 0.25) is 0 Å². The Morgan fingerprint density at radius 2 is 1.55 bits per heavy atom. The topological polar surface area (TPSA) is 153 Å². The van der Waals surface area contributed by atoms with Crippen LogP contribution < -0.4 is 29.7 Å². The maximum atomic E-state index is 13.7. The molecule has 296 valence electrons. The average molecular weight is 759 g/mol. The number of ether oxygens (including phenoxy) is 4. The molecule has 1 saturated heterocycles. The Morgan fingerprint density at radius 3 is 2.27 bits per heavy atom. The van der Waals surface area contributed by atoms with E-state index in [0.29, 0.717) is 91.7 Å². The van der Waals surface area contributed by atoms with Crippen LogP contribution >= 0.6 is 0 Å². The predicted octanol–water partition coefficient (Wildman–Crippen LogP) is 6.96. The second kappa shape index (κ2) is 20.2. The number of methoxy groups -OCH3 is 1. The molecule has 1 aliphatic rings. The third-order valence-electron chi connectivity index (χ3n) is 8.82. The summed E-state index contributed by atoms with van der Waals surface area (Å²) >= 11 is 0. The van der Waals surface area contributed by atoms with Crippen LogP contribution in [0, 0.1) is 6.92 Å². The summed E-state index contributed by atoms with van der Waals surface area (Å²) in [5.41, 5.74) is 2.01. The number of alkyl carbamates (subject to hydrolysis) is 1. The fourth-order valence-corrected chi connectivity index (χ4v) is 5.87. The van der Waals surface area contributed by atoms with Crippen LogP contribution in [0.25, 0.3) is 0 Å². The first-order valence-corrected chi connectivity index (χ1v) is 18.7. The fraction of sp³-hybridized carbons (Fsp3) is 0.452. The number of unbranched alkanes of at least 4 members (excludes halogenated alkanes) is 2. The SMILES string of the molecule is COc1cc(C(=O)N(C)c2ccc(C)cc2OCCCCCC(=O)N2CCC(=O)CC2)ccc1NC(=O)c1ccccc1OCCCNC(=O)OC(C)(C)C. The summed E-state index contributed by atoms with van der Waals surface area (Å²) in [5.74, 6) is 0.828. The lowest BCUT2D eigenvalue weighted by molar-refractivity contribution is -0.134. The number of hydrogen-bond donors (Lipinski definition) is 2. The number of Topliss-reactive ketones (excluding diaryl/α,β-unsaturated/α-hetero) is 1. The van der Waals surface area contributed by atoms with Gasteiger partial charge < -0.3 is 39.4 Å². The molecule has 1 fully saturated rings. The van der Waals surface area contributed by atoms with Crippen LogP contribution in [-0.2, 0) is 14.3 Å². The van der Waals surface area contributed by atoms with Crippen LogP contribution in [0.1, 0.15) is 92.0 Å². The minimum Gasteiger partial charge on any atom is -0.495 e. The number of amides is 4. The highest BCUT2D eigenvalue weighted by Crippen LogP contribution is 2.32. The Kier molecular flexibility index (Phi) is 15.5. The molecular weight excluding hydrogens is 704 g/mol. The first-order valence-electron chi connectivity index (χ1n) is 18.7. The molecule has 0 aromatic heterocycles. The van der Waals surface area contributed by atoms with Crippen LogP contribution in [-0.4, -0.2) is 87.1 Å². The van der Waals surface area contributed by atoms with Gasteiger partial charge in [0.15, 0.2) is 0 Å². The van der Waals surface area contributed by atoms with Gasteiger partial charge in [0, 0.05) is 51.5 Å². The second-order valence-electron chi connectivity index (χ2n) is 14.4. The number of ketones is 1. The predicted molar refractivity (Wildman–Crippen MR) is 210 cm³/mol. The number of para-hydroxylation sites is 1. The standard InChI is InChI=1S/C42H54N4O9/c1-29-16-19-34(37(27-29)54-25-11-7-8-15-38(48)46-23-20-31(47)21-24-46)45(5)40(50)30-17-18-33(36(28-30)52-6)44-39(49)32-13-9-10-14-35(32)53-26-12-22-43-41(51)55-42(2,3)4/h9-10,13-14,16-19,27-28H,7-8,11-12,15,20-26H2,1-6H3,(H,43,51)(H,44,49). The van der Waals surface area contributed by atoms with E-state index in [2.05, 4.69) is 10.6 Å². The normalized spacial score (nSPS) is 12.8. The van der Waals surface area contributed by atoms with Crippen LogP contribution in [0.5, 0.6) is 17.2 Å². The monoisotopic (exact) mass is 758 g/mol. The zero-order valence-corrected chi connectivity index (χ0v) is 32.8. The van der Waals surface area contributed by atoms with Gasteiger partial charge in [0.05, 0.1) is 37.3 Å². The van der Waals surface area contributed by atoms with Crippen molar-refractivity contribution in [1.29, 1.82) is 0 Å². The van der Waals surface area contributed by atoms with Gasteiger partial charge in [0.1, 0.15) is 28.6 Å². The van der Waals surface area contributed by atoms with Crippen LogP contribution in [0.4, 0.5) is 16.2 Å². The number of rotatable bonds is 17. The zero-order chi connectivity index (χ0) is 40.0. The van der Waals surface area contributed by atoms with Gasteiger partial charge in [-0.3, -0.25) is 19.2 Å². The summed E-state index contributed by atoms with van der Waals surface area (Å²) in [6.45, 7) is 9.38. The van der Waals surface area contributed by atoms with Gasteiger partial charge >= 0.3 is 6.09 Å². The van der Waals surface area contributed by atoms with Gasteiger partial charge in [-0.05, 0) is 101 Å². The van der Waals surface area contributed by atoms with Crippen LogP contribution in [0.15, 0.2) is 60.7 Å². The minimum atomic E-state index is -0.589. The van der Waals surface area contributed by atoms with Crippen molar-refractivity contribution in [2.75, 3.05) is 57.2 Å². The Balaban J connectivity index is 1.31. The number of carbonyl (C=O) groups excluding carboxylic acids is 5. The smallest absolute Gasteiger partial charge is 0.407 e.